The van der Waals surface area contributed by atoms with Gasteiger partial charge in [0.15, 0.2) is 0 Å². The molecule has 2 aliphatic rings. The van der Waals surface area contributed by atoms with Crippen LogP contribution in [-0.2, 0) is 17.8 Å². The maximum atomic E-state index is 12.4. The Morgan fingerprint density at radius 2 is 0.967 bits per heavy atom. The van der Waals surface area contributed by atoms with Gasteiger partial charge in [-0.3, -0.25) is 9.80 Å². The first-order chi connectivity index (χ1) is 29.5. The van der Waals surface area contributed by atoms with Crippen molar-refractivity contribution in [2.75, 3.05) is 52.4 Å². The lowest BCUT2D eigenvalue weighted by Gasteiger charge is -2.35. The van der Waals surface area contributed by atoms with E-state index < -0.39 is 5.60 Å². The Kier molecular flexibility index (Phi) is 14.5. The molecule has 0 aromatic heterocycles. The van der Waals surface area contributed by atoms with Gasteiger partial charge < -0.3 is 24.4 Å². The number of rotatable bonds is 10. The molecule has 8 nitrogen and oxygen atoms in total. The molecule has 2 aliphatic heterocycles. The van der Waals surface area contributed by atoms with Crippen LogP contribution in [-0.4, -0.2) is 78.8 Å². The zero-order valence-corrected chi connectivity index (χ0v) is 36.4. The van der Waals surface area contributed by atoms with Crippen LogP contribution < -0.4 is 14.8 Å². The number of carbonyl (C=O) groups is 1. The van der Waals surface area contributed by atoms with Crippen LogP contribution >= 0.6 is 0 Å². The number of aryl methyl sites for hydroxylation is 2. The summed E-state index contributed by atoms with van der Waals surface area (Å²) >= 11 is 0. The van der Waals surface area contributed by atoms with Crippen LogP contribution in [0.2, 0.25) is 0 Å². The topological polar surface area (TPSA) is 66.5 Å². The second-order valence-corrected chi connectivity index (χ2v) is 17.0. The molecular weight excluding hydrogens is 757 g/mol. The third-order valence-corrected chi connectivity index (χ3v) is 10.8. The number of para-hydroxylation sites is 2. The van der Waals surface area contributed by atoms with Gasteiger partial charge in [0.25, 0.3) is 0 Å². The lowest BCUT2D eigenvalue weighted by atomic mass is 10.0. The number of ether oxygens (including phenoxy) is 3. The maximum absolute atomic E-state index is 12.4. The van der Waals surface area contributed by atoms with Crippen molar-refractivity contribution in [3.05, 3.63) is 168 Å². The summed E-state index contributed by atoms with van der Waals surface area (Å²) in [6.45, 7) is 18.8. The van der Waals surface area contributed by atoms with E-state index in [-0.39, 0.29) is 6.09 Å². The van der Waals surface area contributed by atoms with Crippen LogP contribution in [0.3, 0.4) is 0 Å². The fourth-order valence-corrected chi connectivity index (χ4v) is 7.57. The van der Waals surface area contributed by atoms with E-state index >= 15 is 0 Å². The van der Waals surface area contributed by atoms with Gasteiger partial charge in [-0.25, -0.2) is 4.79 Å². The molecule has 8 rings (SSSR count). The molecule has 2 fully saturated rings. The number of nitrogens with zero attached hydrogens (tertiary/aromatic N) is 3. The van der Waals surface area contributed by atoms with E-state index in [1.807, 2.05) is 81.4 Å². The van der Waals surface area contributed by atoms with Gasteiger partial charge in [0.2, 0.25) is 0 Å². The number of amides is 1. The van der Waals surface area contributed by atoms with E-state index in [9.17, 15) is 4.79 Å². The van der Waals surface area contributed by atoms with Crippen LogP contribution in [0.25, 0.3) is 22.3 Å². The number of benzene rings is 6. The highest BCUT2D eigenvalue weighted by Crippen LogP contribution is 2.34. The van der Waals surface area contributed by atoms with Gasteiger partial charge in [-0.1, -0.05) is 120 Å². The van der Waals surface area contributed by atoms with Crippen LogP contribution in [0.15, 0.2) is 146 Å². The fourth-order valence-electron chi connectivity index (χ4n) is 7.57. The molecule has 61 heavy (non-hydrogen) atoms. The Morgan fingerprint density at radius 3 is 1.41 bits per heavy atom. The minimum atomic E-state index is -0.475. The molecule has 6 aromatic rings. The van der Waals surface area contributed by atoms with Crippen molar-refractivity contribution in [3.8, 4) is 45.3 Å². The van der Waals surface area contributed by atoms with Crippen molar-refractivity contribution >= 4 is 6.09 Å². The Morgan fingerprint density at radius 1 is 0.525 bits per heavy atom. The Labute approximate surface area is 362 Å². The smallest absolute Gasteiger partial charge is 0.410 e. The number of nitrogens with one attached hydrogen (secondary N) is 1. The summed E-state index contributed by atoms with van der Waals surface area (Å²) in [5.74, 6) is 3.50. The Bertz CT molecular complexity index is 2330. The van der Waals surface area contributed by atoms with Crippen molar-refractivity contribution in [1.82, 2.24) is 20.0 Å². The first-order valence-electron chi connectivity index (χ1n) is 21.5. The van der Waals surface area contributed by atoms with Gasteiger partial charge in [0.05, 0.1) is 0 Å². The zero-order chi connectivity index (χ0) is 42.6. The average Bonchev–Trinajstić information content (AvgIpc) is 3.26. The standard InChI is InChI=1S/C29H34N2O3.C24H26N2O/c1-22-9-8-10-23(19-22)24-13-14-25(27(20-24)33-26-11-6-5-7-12-26)21-30-15-17-31(18-16-30)28(32)34-29(2,3)4;1-19-6-5-7-20(16-19)21-10-11-22(18-26-14-12-25-13-15-26)24(17-21)27-23-8-3-2-4-9-23/h5-14,19-20H,15-18,21H2,1-4H3;2-11,16-17,25H,12-15,18H2,1H3. The third kappa shape index (κ3) is 12.8. The monoisotopic (exact) mass is 816 g/mol. The molecular formula is C53H60N4O4. The number of hydrogen-bond acceptors (Lipinski definition) is 7. The molecule has 2 heterocycles. The molecule has 0 atom stereocenters. The van der Waals surface area contributed by atoms with Gasteiger partial charge in [-0.15, -0.1) is 0 Å². The van der Waals surface area contributed by atoms with E-state index in [1.54, 1.807) is 4.90 Å². The van der Waals surface area contributed by atoms with Gasteiger partial charge in [-0.2, -0.15) is 0 Å². The fraction of sp³-hybridized carbons (Fsp3) is 0.302. The number of piperazine rings is 2. The molecule has 0 radical (unpaired) electrons. The SMILES string of the molecule is Cc1cccc(-c2ccc(CN3CCN(C(=O)OC(C)(C)C)CC3)c(Oc3ccccc3)c2)c1.Cc1cccc(-c2ccc(CN3CCNCC3)c(Oc3ccccc3)c2)c1. The summed E-state index contributed by atoms with van der Waals surface area (Å²) in [5.41, 5.74) is 9.11. The minimum absolute atomic E-state index is 0.234. The normalized spacial score (nSPS) is 14.7. The largest absolute Gasteiger partial charge is 0.457 e. The predicted octanol–water partition coefficient (Wildman–Crippen LogP) is 11.4. The molecule has 0 aliphatic carbocycles. The van der Waals surface area contributed by atoms with Gasteiger partial charge >= 0.3 is 6.09 Å². The Balaban J connectivity index is 0.000000189. The minimum Gasteiger partial charge on any atom is -0.457 e. The second-order valence-electron chi connectivity index (χ2n) is 17.0. The third-order valence-electron chi connectivity index (χ3n) is 10.8. The van der Waals surface area contributed by atoms with E-state index in [1.165, 1.54) is 33.4 Å². The number of hydrogen-bond donors (Lipinski definition) is 1. The molecule has 0 unspecified atom stereocenters. The molecule has 316 valence electrons. The first-order valence-corrected chi connectivity index (χ1v) is 21.5. The van der Waals surface area contributed by atoms with Crippen molar-refractivity contribution in [1.29, 1.82) is 0 Å². The molecule has 0 bridgehead atoms. The Hall–Kier alpha value is -5.93. The predicted molar refractivity (Wildman–Crippen MR) is 247 cm³/mol. The average molecular weight is 817 g/mol. The van der Waals surface area contributed by atoms with Gasteiger partial charge in [0.1, 0.15) is 28.6 Å². The van der Waals surface area contributed by atoms with Crippen LogP contribution in [0.5, 0.6) is 23.0 Å². The lowest BCUT2D eigenvalue weighted by Crippen LogP contribution is -2.49. The second kappa shape index (κ2) is 20.6. The molecule has 0 spiro atoms. The lowest BCUT2D eigenvalue weighted by molar-refractivity contribution is 0.0138. The molecule has 1 amide bonds. The molecule has 2 saturated heterocycles. The molecule has 8 heteroatoms. The highest BCUT2D eigenvalue weighted by atomic mass is 16.6. The highest BCUT2D eigenvalue weighted by molar-refractivity contribution is 5.69. The summed E-state index contributed by atoms with van der Waals surface area (Å²) < 4.78 is 18.2. The summed E-state index contributed by atoms with van der Waals surface area (Å²) in [5, 5.41) is 3.42. The van der Waals surface area contributed by atoms with Crippen molar-refractivity contribution in [2.45, 2.75) is 53.3 Å². The summed E-state index contributed by atoms with van der Waals surface area (Å²) in [6.07, 6.45) is -0.234. The van der Waals surface area contributed by atoms with E-state index in [4.69, 9.17) is 14.2 Å². The van der Waals surface area contributed by atoms with E-state index in [0.29, 0.717) is 13.1 Å². The van der Waals surface area contributed by atoms with Gasteiger partial charge in [0, 0.05) is 76.6 Å². The van der Waals surface area contributed by atoms with Crippen molar-refractivity contribution < 1.29 is 19.0 Å². The summed E-state index contributed by atoms with van der Waals surface area (Å²) in [7, 11) is 0. The van der Waals surface area contributed by atoms with Crippen molar-refractivity contribution in [2.24, 2.45) is 0 Å². The van der Waals surface area contributed by atoms with Crippen LogP contribution in [0.4, 0.5) is 4.79 Å². The number of carbonyl (C=O) groups excluding carboxylic acids is 1. The van der Waals surface area contributed by atoms with Crippen molar-refractivity contribution in [3.63, 3.8) is 0 Å². The molecule has 6 aromatic carbocycles. The molecule has 0 saturated carbocycles. The first kappa shape index (κ1) is 43.2. The van der Waals surface area contributed by atoms with Crippen LogP contribution in [0, 0.1) is 13.8 Å². The van der Waals surface area contributed by atoms with E-state index in [0.717, 1.165) is 86.5 Å². The molecule has 1 N–H and O–H groups in total. The maximum Gasteiger partial charge on any atom is 0.410 e. The van der Waals surface area contributed by atoms with Crippen LogP contribution in [0.1, 0.15) is 43.0 Å². The summed E-state index contributed by atoms with van der Waals surface area (Å²) in [6, 6.07) is 50.1. The highest BCUT2D eigenvalue weighted by Gasteiger charge is 2.26. The summed E-state index contributed by atoms with van der Waals surface area (Å²) in [4.78, 5) is 19.0. The quantitative estimate of drug-likeness (QED) is 0.148. The van der Waals surface area contributed by atoms with E-state index in [2.05, 4.69) is 114 Å². The zero-order valence-electron chi connectivity index (χ0n) is 36.4. The van der Waals surface area contributed by atoms with Gasteiger partial charge in [-0.05, 0) is 93.3 Å².